The summed E-state index contributed by atoms with van der Waals surface area (Å²) in [6.07, 6.45) is 3.00. The summed E-state index contributed by atoms with van der Waals surface area (Å²) in [5.41, 5.74) is 0. The molecule has 4 nitrogen and oxygen atoms in total. The van der Waals surface area contributed by atoms with Gasteiger partial charge in [-0.25, -0.2) is 0 Å². The van der Waals surface area contributed by atoms with E-state index in [4.69, 9.17) is 0 Å². The second kappa shape index (κ2) is 15.4. The van der Waals surface area contributed by atoms with E-state index in [1.807, 2.05) is 13.8 Å². The van der Waals surface area contributed by atoms with Gasteiger partial charge in [0.1, 0.15) is 23.1 Å². The normalized spacial score (nSPS) is 8.63. The van der Waals surface area contributed by atoms with Gasteiger partial charge in [-0.15, -0.1) is 0 Å². The van der Waals surface area contributed by atoms with E-state index in [0.717, 1.165) is 12.8 Å². The van der Waals surface area contributed by atoms with Gasteiger partial charge in [-0.05, 0) is 26.7 Å². The number of carbonyl (C=O) groups excluding carboxylic acids is 4. The van der Waals surface area contributed by atoms with Gasteiger partial charge in [0.05, 0.1) is 12.8 Å². The maximum Gasteiger partial charge on any atom is 2.00 e. The fourth-order valence-electron chi connectivity index (χ4n) is 1.29. The summed E-state index contributed by atoms with van der Waals surface area (Å²) in [6, 6.07) is 0. The van der Waals surface area contributed by atoms with Crippen molar-refractivity contribution in [2.75, 3.05) is 0 Å². The molecular formula is C14H24O4Pt+2. The van der Waals surface area contributed by atoms with E-state index in [-0.39, 0.29) is 57.0 Å². The second-order valence-corrected chi connectivity index (χ2v) is 4.33. The Morgan fingerprint density at radius 3 is 1.11 bits per heavy atom. The summed E-state index contributed by atoms with van der Waals surface area (Å²) >= 11 is 0. The van der Waals surface area contributed by atoms with Crippen molar-refractivity contribution >= 4 is 23.1 Å². The summed E-state index contributed by atoms with van der Waals surface area (Å²) < 4.78 is 0. The standard InChI is InChI=1S/2C7H12O2.Pt/c2*1-3-4-7(9)5-6(2)8;/h2*3-5H2,1-2H3;/q;;+2. The molecule has 0 amide bonds. The van der Waals surface area contributed by atoms with E-state index in [0.29, 0.717) is 12.8 Å². The zero-order valence-electron chi connectivity index (χ0n) is 12.2. The topological polar surface area (TPSA) is 68.3 Å². The molecule has 0 aliphatic carbocycles. The molecule has 0 bridgehead atoms. The van der Waals surface area contributed by atoms with Gasteiger partial charge in [0.15, 0.2) is 0 Å². The fraction of sp³-hybridized carbons (Fsp3) is 0.714. The molecule has 0 spiro atoms. The van der Waals surface area contributed by atoms with Gasteiger partial charge in [0.25, 0.3) is 0 Å². The van der Waals surface area contributed by atoms with Crippen molar-refractivity contribution < 1.29 is 40.2 Å². The Labute approximate surface area is 130 Å². The van der Waals surface area contributed by atoms with Crippen molar-refractivity contribution in [1.82, 2.24) is 0 Å². The first-order valence-corrected chi connectivity index (χ1v) is 6.35. The first kappa shape index (κ1) is 23.5. The molecule has 112 valence electrons. The minimum Gasteiger partial charge on any atom is -0.300 e. The largest absolute Gasteiger partial charge is 2.00 e. The van der Waals surface area contributed by atoms with Crippen LogP contribution in [0.1, 0.15) is 66.2 Å². The minimum atomic E-state index is -0.0338. The molecule has 0 heterocycles. The molecule has 0 aromatic carbocycles. The number of ketones is 4. The van der Waals surface area contributed by atoms with Crippen LogP contribution in [0.4, 0.5) is 0 Å². The van der Waals surface area contributed by atoms with Crippen LogP contribution in [0.5, 0.6) is 0 Å². The van der Waals surface area contributed by atoms with Gasteiger partial charge in [0, 0.05) is 12.8 Å². The van der Waals surface area contributed by atoms with E-state index in [1.165, 1.54) is 13.8 Å². The Balaban J connectivity index is -0.000000256. The molecule has 0 fully saturated rings. The van der Waals surface area contributed by atoms with Gasteiger partial charge in [0.2, 0.25) is 0 Å². The Morgan fingerprint density at radius 2 is 0.947 bits per heavy atom. The average Bonchev–Trinajstić information content (AvgIpc) is 2.16. The third kappa shape index (κ3) is 23.0. The SMILES string of the molecule is CCCC(=O)CC(C)=O.CCCC(=O)CC(C)=O.[Pt+2]. The molecule has 0 aromatic heterocycles. The maximum atomic E-state index is 10.6. The fourth-order valence-corrected chi connectivity index (χ4v) is 1.29. The molecule has 5 heteroatoms. The predicted molar refractivity (Wildman–Crippen MR) is 70.4 cm³/mol. The van der Waals surface area contributed by atoms with Crippen molar-refractivity contribution in [2.24, 2.45) is 0 Å². The molecule has 0 N–H and O–H groups in total. The molecular weight excluding hydrogens is 427 g/mol. The number of hydrogen-bond acceptors (Lipinski definition) is 4. The zero-order chi connectivity index (χ0) is 14.6. The van der Waals surface area contributed by atoms with Crippen molar-refractivity contribution in [3.05, 3.63) is 0 Å². The molecule has 0 saturated carbocycles. The van der Waals surface area contributed by atoms with Crippen LogP contribution in [0.25, 0.3) is 0 Å². The van der Waals surface area contributed by atoms with Crippen LogP contribution in [0.3, 0.4) is 0 Å². The molecule has 0 radical (unpaired) electrons. The van der Waals surface area contributed by atoms with Crippen molar-refractivity contribution in [1.29, 1.82) is 0 Å². The number of Topliss-reactive ketones (excluding diaryl/α,β-unsaturated/α-hetero) is 4. The van der Waals surface area contributed by atoms with Crippen LogP contribution in [-0.4, -0.2) is 23.1 Å². The van der Waals surface area contributed by atoms with E-state index >= 15 is 0 Å². The molecule has 0 aromatic rings. The van der Waals surface area contributed by atoms with Crippen molar-refractivity contribution in [3.63, 3.8) is 0 Å². The second-order valence-electron chi connectivity index (χ2n) is 4.33. The molecule has 0 aliphatic heterocycles. The van der Waals surface area contributed by atoms with Crippen molar-refractivity contribution in [2.45, 2.75) is 66.2 Å². The van der Waals surface area contributed by atoms with E-state index in [2.05, 4.69) is 0 Å². The minimum absolute atomic E-state index is 0. The summed E-state index contributed by atoms with van der Waals surface area (Å²) in [7, 11) is 0. The van der Waals surface area contributed by atoms with Gasteiger partial charge in [-0.3, -0.25) is 19.2 Å². The van der Waals surface area contributed by atoms with Gasteiger partial charge in [-0.1, -0.05) is 13.8 Å². The van der Waals surface area contributed by atoms with E-state index < -0.39 is 0 Å². The van der Waals surface area contributed by atoms with Gasteiger partial charge < -0.3 is 0 Å². The molecule has 19 heavy (non-hydrogen) atoms. The van der Waals surface area contributed by atoms with Crippen LogP contribution in [0, 0.1) is 0 Å². The first-order chi connectivity index (χ1) is 8.33. The summed E-state index contributed by atoms with van der Waals surface area (Å²) in [5.74, 6) is 0.0527. The van der Waals surface area contributed by atoms with Crippen LogP contribution in [0.15, 0.2) is 0 Å². The van der Waals surface area contributed by atoms with Crippen LogP contribution in [0.2, 0.25) is 0 Å². The number of carbonyl (C=O) groups is 4. The average molecular weight is 451 g/mol. The monoisotopic (exact) mass is 451 g/mol. The molecule has 0 atom stereocenters. The summed E-state index contributed by atoms with van der Waals surface area (Å²) in [5, 5.41) is 0. The van der Waals surface area contributed by atoms with Crippen molar-refractivity contribution in [3.8, 4) is 0 Å². The summed E-state index contributed by atoms with van der Waals surface area (Å²) in [6.45, 7) is 6.73. The number of rotatable bonds is 8. The van der Waals surface area contributed by atoms with Crippen LogP contribution < -0.4 is 0 Å². The third-order valence-corrected chi connectivity index (χ3v) is 1.95. The molecule has 0 saturated heterocycles. The van der Waals surface area contributed by atoms with E-state index in [9.17, 15) is 19.2 Å². The first-order valence-electron chi connectivity index (χ1n) is 6.35. The van der Waals surface area contributed by atoms with E-state index in [1.54, 1.807) is 0 Å². The number of hydrogen-bond donors (Lipinski definition) is 0. The Bertz CT molecular complexity index is 268. The van der Waals surface area contributed by atoms with Gasteiger partial charge >= 0.3 is 21.1 Å². The predicted octanol–water partition coefficient (Wildman–Crippen LogP) is 2.67. The van der Waals surface area contributed by atoms with Crippen LogP contribution in [-0.2, 0) is 40.2 Å². The molecule has 0 unspecified atom stereocenters. The zero-order valence-corrected chi connectivity index (χ0v) is 14.5. The third-order valence-electron chi connectivity index (χ3n) is 1.95. The molecule has 0 rings (SSSR count). The smallest absolute Gasteiger partial charge is 0.300 e. The van der Waals surface area contributed by atoms with Gasteiger partial charge in [-0.2, -0.15) is 0 Å². The summed E-state index contributed by atoms with van der Waals surface area (Å²) in [4.78, 5) is 41.9. The quantitative estimate of drug-likeness (QED) is 0.533. The maximum absolute atomic E-state index is 10.6. The Hall–Kier alpha value is -0.632. The molecule has 0 aliphatic rings. The Morgan fingerprint density at radius 1 is 0.684 bits per heavy atom. The van der Waals surface area contributed by atoms with Crippen LogP contribution >= 0.6 is 0 Å². The Kier molecular flexibility index (Phi) is 19.0.